The van der Waals surface area contributed by atoms with Crippen LogP contribution < -0.4 is 10.5 Å². The highest BCUT2D eigenvalue weighted by Gasteiger charge is 2.16. The third-order valence-electron chi connectivity index (χ3n) is 3.72. The number of hydrogen-bond donors (Lipinski definition) is 1. The zero-order valence-electron chi connectivity index (χ0n) is 13.9. The lowest BCUT2D eigenvalue weighted by Gasteiger charge is -2.10. The minimum Gasteiger partial charge on any atom is -0.478 e. The average Bonchev–Trinajstić information content (AvgIpc) is 3.17. The van der Waals surface area contributed by atoms with Gasteiger partial charge in [-0.25, -0.2) is 9.97 Å². The molecular formula is C19H18N4O2. The van der Waals surface area contributed by atoms with Crippen molar-refractivity contribution < 1.29 is 9.15 Å². The fourth-order valence-electron chi connectivity index (χ4n) is 2.38. The number of ether oxygens (including phenoxy) is 1. The Labute approximate surface area is 145 Å². The van der Waals surface area contributed by atoms with E-state index in [1.807, 2.05) is 6.07 Å². The number of nitrogen functional groups attached to an aromatic ring is 1. The lowest BCUT2D eigenvalue weighted by atomic mass is 10.0. The molecule has 0 aliphatic rings. The van der Waals surface area contributed by atoms with Gasteiger partial charge in [0.05, 0.1) is 18.4 Å². The molecule has 3 aromatic rings. The summed E-state index contributed by atoms with van der Waals surface area (Å²) in [7, 11) is 0. The molecule has 0 radical (unpaired) electrons. The molecule has 0 atom stereocenters. The van der Waals surface area contributed by atoms with Gasteiger partial charge < -0.3 is 14.9 Å². The zero-order valence-corrected chi connectivity index (χ0v) is 13.9. The molecule has 0 fully saturated rings. The maximum absolute atomic E-state index is 9.25. The topological polar surface area (TPSA) is 98.0 Å². The molecule has 126 valence electrons. The van der Waals surface area contributed by atoms with Crippen LogP contribution in [0.3, 0.4) is 0 Å². The molecule has 6 heteroatoms. The van der Waals surface area contributed by atoms with Crippen molar-refractivity contribution in [2.24, 2.45) is 0 Å². The fourth-order valence-corrected chi connectivity index (χ4v) is 2.38. The van der Waals surface area contributed by atoms with Crippen molar-refractivity contribution in [2.75, 3.05) is 12.3 Å². The first-order chi connectivity index (χ1) is 12.2. The summed E-state index contributed by atoms with van der Waals surface area (Å²) < 4.78 is 11.0. The van der Waals surface area contributed by atoms with E-state index in [2.05, 4.69) is 23.0 Å². The molecular weight excluding hydrogens is 316 g/mol. The SMILES string of the molecule is CCCCOc1ccc(-c2cc(C#N)c(N)nc2-c2ccco2)cn1. The summed E-state index contributed by atoms with van der Waals surface area (Å²) in [5.41, 5.74) is 8.29. The number of furan rings is 1. The molecule has 0 unspecified atom stereocenters. The molecule has 0 aromatic carbocycles. The Morgan fingerprint density at radius 1 is 1.32 bits per heavy atom. The van der Waals surface area contributed by atoms with Gasteiger partial charge in [-0.3, -0.25) is 0 Å². The smallest absolute Gasteiger partial charge is 0.213 e. The summed E-state index contributed by atoms with van der Waals surface area (Å²) in [6, 6.07) is 11.0. The number of hydrogen-bond acceptors (Lipinski definition) is 6. The third kappa shape index (κ3) is 3.61. The van der Waals surface area contributed by atoms with E-state index in [-0.39, 0.29) is 5.82 Å². The van der Waals surface area contributed by atoms with Crippen LogP contribution in [-0.2, 0) is 0 Å². The number of anilines is 1. The Hall–Kier alpha value is -3.33. The molecule has 0 aliphatic carbocycles. The van der Waals surface area contributed by atoms with Gasteiger partial charge in [0.15, 0.2) is 5.76 Å². The van der Waals surface area contributed by atoms with Crippen LogP contribution in [0.4, 0.5) is 5.82 Å². The lowest BCUT2D eigenvalue weighted by molar-refractivity contribution is 0.298. The van der Waals surface area contributed by atoms with Crippen LogP contribution >= 0.6 is 0 Å². The minimum absolute atomic E-state index is 0.171. The number of pyridine rings is 2. The molecule has 0 amide bonds. The predicted molar refractivity (Wildman–Crippen MR) is 94.7 cm³/mol. The van der Waals surface area contributed by atoms with Crippen LogP contribution in [0.2, 0.25) is 0 Å². The molecule has 0 bridgehead atoms. The normalized spacial score (nSPS) is 10.4. The molecule has 3 aromatic heterocycles. The average molecular weight is 334 g/mol. The van der Waals surface area contributed by atoms with Crippen molar-refractivity contribution >= 4 is 5.82 Å². The molecule has 0 aliphatic heterocycles. The molecule has 0 saturated carbocycles. The zero-order chi connectivity index (χ0) is 17.6. The first-order valence-electron chi connectivity index (χ1n) is 8.06. The van der Waals surface area contributed by atoms with Gasteiger partial charge in [0.2, 0.25) is 5.88 Å². The fraction of sp³-hybridized carbons (Fsp3) is 0.211. The van der Waals surface area contributed by atoms with Crippen molar-refractivity contribution in [1.29, 1.82) is 5.26 Å². The number of aromatic nitrogens is 2. The monoisotopic (exact) mass is 334 g/mol. The van der Waals surface area contributed by atoms with Gasteiger partial charge in [0.1, 0.15) is 17.6 Å². The quantitative estimate of drug-likeness (QED) is 0.683. The van der Waals surface area contributed by atoms with Crippen molar-refractivity contribution in [3.8, 4) is 34.5 Å². The second kappa shape index (κ2) is 7.49. The first-order valence-corrected chi connectivity index (χ1v) is 8.06. The molecule has 6 nitrogen and oxygen atoms in total. The van der Waals surface area contributed by atoms with Crippen LogP contribution in [0, 0.1) is 11.3 Å². The highest BCUT2D eigenvalue weighted by Crippen LogP contribution is 2.33. The Morgan fingerprint density at radius 2 is 2.20 bits per heavy atom. The van der Waals surface area contributed by atoms with Gasteiger partial charge in [0, 0.05) is 23.4 Å². The van der Waals surface area contributed by atoms with Crippen LogP contribution in [0.15, 0.2) is 47.2 Å². The number of nitrogens with zero attached hydrogens (tertiary/aromatic N) is 3. The Balaban J connectivity index is 1.99. The van der Waals surface area contributed by atoms with Crippen LogP contribution in [0.5, 0.6) is 5.88 Å². The highest BCUT2D eigenvalue weighted by molar-refractivity contribution is 5.81. The molecule has 3 heterocycles. The number of nitriles is 1. The van der Waals surface area contributed by atoms with Crippen LogP contribution in [0.25, 0.3) is 22.6 Å². The van der Waals surface area contributed by atoms with Crippen molar-refractivity contribution in [3.63, 3.8) is 0 Å². The van der Waals surface area contributed by atoms with Crippen LogP contribution in [-0.4, -0.2) is 16.6 Å². The summed E-state index contributed by atoms with van der Waals surface area (Å²) >= 11 is 0. The van der Waals surface area contributed by atoms with Crippen molar-refractivity contribution in [1.82, 2.24) is 9.97 Å². The van der Waals surface area contributed by atoms with E-state index in [1.54, 1.807) is 36.7 Å². The van der Waals surface area contributed by atoms with E-state index in [1.165, 1.54) is 0 Å². The molecule has 0 saturated heterocycles. The van der Waals surface area contributed by atoms with Crippen molar-refractivity contribution in [3.05, 3.63) is 48.4 Å². The largest absolute Gasteiger partial charge is 0.478 e. The highest BCUT2D eigenvalue weighted by atomic mass is 16.5. The number of nitrogens with two attached hydrogens (primary N) is 1. The molecule has 2 N–H and O–H groups in total. The Kier molecular flexibility index (Phi) is 4.95. The van der Waals surface area contributed by atoms with Gasteiger partial charge in [-0.1, -0.05) is 13.3 Å². The summed E-state index contributed by atoms with van der Waals surface area (Å²) in [5.74, 6) is 1.32. The number of unbranched alkanes of at least 4 members (excludes halogenated alkanes) is 1. The van der Waals surface area contributed by atoms with Gasteiger partial charge in [-0.15, -0.1) is 0 Å². The standard InChI is InChI=1S/C19H18N4O2/c1-2-3-8-25-17-7-6-13(12-22-17)15-10-14(11-20)19(21)23-18(15)16-5-4-9-24-16/h4-7,9-10,12H,2-3,8H2,1H3,(H2,21,23). The summed E-state index contributed by atoms with van der Waals surface area (Å²) in [5, 5.41) is 9.25. The van der Waals surface area contributed by atoms with Gasteiger partial charge in [0.25, 0.3) is 0 Å². The predicted octanol–water partition coefficient (Wildman–Crippen LogP) is 4.04. The molecule has 25 heavy (non-hydrogen) atoms. The maximum atomic E-state index is 9.25. The first kappa shape index (κ1) is 16.5. The Morgan fingerprint density at radius 3 is 2.84 bits per heavy atom. The lowest BCUT2D eigenvalue weighted by Crippen LogP contribution is -2.00. The molecule has 3 rings (SSSR count). The Bertz CT molecular complexity index is 881. The van der Waals surface area contributed by atoms with E-state index in [9.17, 15) is 5.26 Å². The van der Waals surface area contributed by atoms with Crippen molar-refractivity contribution in [2.45, 2.75) is 19.8 Å². The molecule has 0 spiro atoms. The maximum Gasteiger partial charge on any atom is 0.213 e. The van der Waals surface area contributed by atoms with E-state index < -0.39 is 0 Å². The number of rotatable bonds is 6. The van der Waals surface area contributed by atoms with E-state index in [0.29, 0.717) is 29.5 Å². The van der Waals surface area contributed by atoms with Gasteiger partial charge in [-0.2, -0.15) is 5.26 Å². The summed E-state index contributed by atoms with van der Waals surface area (Å²) in [4.78, 5) is 8.68. The second-order valence-corrected chi connectivity index (χ2v) is 5.49. The van der Waals surface area contributed by atoms with Crippen LogP contribution in [0.1, 0.15) is 25.3 Å². The van der Waals surface area contributed by atoms with E-state index in [4.69, 9.17) is 14.9 Å². The van der Waals surface area contributed by atoms with Gasteiger partial charge in [-0.05, 0) is 30.7 Å². The summed E-state index contributed by atoms with van der Waals surface area (Å²) in [6.45, 7) is 2.75. The van der Waals surface area contributed by atoms with Gasteiger partial charge >= 0.3 is 0 Å². The van der Waals surface area contributed by atoms with E-state index >= 15 is 0 Å². The minimum atomic E-state index is 0.171. The second-order valence-electron chi connectivity index (χ2n) is 5.49. The third-order valence-corrected chi connectivity index (χ3v) is 3.72. The van der Waals surface area contributed by atoms with E-state index in [0.717, 1.165) is 24.0 Å². The summed E-state index contributed by atoms with van der Waals surface area (Å²) in [6.07, 6.45) is 5.32.